The number of nitrogens with one attached hydrogen (secondary N) is 1. The molecule has 0 aliphatic carbocycles. The fourth-order valence-electron chi connectivity index (χ4n) is 1.63. The average molecular weight is 257 g/mol. The molecule has 3 N–H and O–H groups in total. The molecule has 0 heterocycles. The molecule has 1 rings (SSSR count). The standard InChI is InChI=1S/C13H20N2O.ClH/c1-4-10-5-7-11(8-6-10)13(2,3)15-12(16)9-14;/h5-8H,4,9,14H2,1-3H3,(H,15,16);1H. The Morgan fingerprint density at radius 1 is 1.29 bits per heavy atom. The molecule has 0 aliphatic rings. The summed E-state index contributed by atoms with van der Waals surface area (Å²) < 4.78 is 0. The first-order valence-electron chi connectivity index (χ1n) is 5.60. The lowest BCUT2D eigenvalue weighted by molar-refractivity contribution is -0.121. The van der Waals surface area contributed by atoms with Gasteiger partial charge < -0.3 is 11.1 Å². The molecule has 0 aromatic heterocycles. The third kappa shape index (κ3) is 4.36. The van der Waals surface area contributed by atoms with Crippen molar-refractivity contribution < 1.29 is 4.79 Å². The molecule has 0 fully saturated rings. The summed E-state index contributed by atoms with van der Waals surface area (Å²) in [5, 5.41) is 2.90. The van der Waals surface area contributed by atoms with Gasteiger partial charge in [-0.15, -0.1) is 12.4 Å². The highest BCUT2D eigenvalue weighted by Gasteiger charge is 2.21. The Morgan fingerprint density at radius 3 is 2.24 bits per heavy atom. The lowest BCUT2D eigenvalue weighted by atomic mass is 9.93. The third-order valence-corrected chi connectivity index (χ3v) is 2.72. The molecule has 1 aromatic carbocycles. The molecule has 0 unspecified atom stereocenters. The van der Waals surface area contributed by atoms with Crippen LogP contribution in [0.15, 0.2) is 24.3 Å². The van der Waals surface area contributed by atoms with Crippen LogP contribution in [0.25, 0.3) is 0 Å². The third-order valence-electron chi connectivity index (χ3n) is 2.72. The molecule has 0 radical (unpaired) electrons. The number of hydrogen-bond acceptors (Lipinski definition) is 2. The minimum absolute atomic E-state index is 0. The van der Waals surface area contributed by atoms with Crippen LogP contribution in [0.3, 0.4) is 0 Å². The van der Waals surface area contributed by atoms with Gasteiger partial charge in [0.2, 0.25) is 5.91 Å². The number of carbonyl (C=O) groups is 1. The van der Waals surface area contributed by atoms with Crippen molar-refractivity contribution in [2.24, 2.45) is 5.73 Å². The summed E-state index contributed by atoms with van der Waals surface area (Å²) in [6, 6.07) is 8.28. The Morgan fingerprint density at radius 2 is 1.82 bits per heavy atom. The van der Waals surface area contributed by atoms with E-state index in [0.717, 1.165) is 12.0 Å². The zero-order chi connectivity index (χ0) is 12.2. The molecule has 17 heavy (non-hydrogen) atoms. The number of hydrogen-bond donors (Lipinski definition) is 2. The van der Waals surface area contributed by atoms with Gasteiger partial charge in [-0.3, -0.25) is 4.79 Å². The molecule has 3 nitrogen and oxygen atoms in total. The SMILES string of the molecule is CCc1ccc(C(C)(C)NC(=O)CN)cc1.Cl. The molecule has 0 saturated heterocycles. The van der Waals surface area contributed by atoms with Crippen molar-refractivity contribution in [3.63, 3.8) is 0 Å². The summed E-state index contributed by atoms with van der Waals surface area (Å²) >= 11 is 0. The van der Waals surface area contributed by atoms with E-state index in [9.17, 15) is 4.79 Å². The minimum atomic E-state index is -0.372. The van der Waals surface area contributed by atoms with Crippen molar-refractivity contribution in [3.05, 3.63) is 35.4 Å². The maximum absolute atomic E-state index is 11.3. The first kappa shape index (κ1) is 15.9. The van der Waals surface area contributed by atoms with Gasteiger partial charge in [-0.25, -0.2) is 0 Å². The lowest BCUT2D eigenvalue weighted by Crippen LogP contribution is -2.43. The van der Waals surface area contributed by atoms with Crippen LogP contribution in [-0.4, -0.2) is 12.5 Å². The van der Waals surface area contributed by atoms with Crippen molar-refractivity contribution >= 4 is 18.3 Å². The van der Waals surface area contributed by atoms with Gasteiger partial charge in [-0.2, -0.15) is 0 Å². The number of amides is 1. The van der Waals surface area contributed by atoms with Gasteiger partial charge >= 0.3 is 0 Å². The normalized spacial score (nSPS) is 10.6. The molecule has 96 valence electrons. The second kappa shape index (κ2) is 6.62. The van der Waals surface area contributed by atoms with Gasteiger partial charge in [-0.1, -0.05) is 31.2 Å². The van der Waals surface area contributed by atoms with Crippen molar-refractivity contribution in [2.45, 2.75) is 32.7 Å². The fourth-order valence-corrected chi connectivity index (χ4v) is 1.63. The predicted octanol–water partition coefficient (Wildman–Crippen LogP) is 1.98. The molecule has 0 bridgehead atoms. The Hall–Kier alpha value is -1.06. The van der Waals surface area contributed by atoms with Crippen LogP contribution < -0.4 is 11.1 Å². The van der Waals surface area contributed by atoms with Crippen LogP contribution in [0.1, 0.15) is 31.9 Å². The number of rotatable bonds is 4. The highest BCUT2D eigenvalue weighted by atomic mass is 35.5. The topological polar surface area (TPSA) is 55.1 Å². The smallest absolute Gasteiger partial charge is 0.234 e. The number of aryl methyl sites for hydroxylation is 1. The van der Waals surface area contributed by atoms with Crippen LogP contribution in [-0.2, 0) is 16.8 Å². The largest absolute Gasteiger partial charge is 0.346 e. The highest BCUT2D eigenvalue weighted by Crippen LogP contribution is 2.20. The summed E-state index contributed by atoms with van der Waals surface area (Å²) in [6.45, 7) is 6.09. The van der Waals surface area contributed by atoms with Crippen molar-refractivity contribution in [2.75, 3.05) is 6.54 Å². The number of carbonyl (C=O) groups excluding carboxylic acids is 1. The maximum Gasteiger partial charge on any atom is 0.234 e. The van der Waals surface area contributed by atoms with E-state index < -0.39 is 0 Å². The molecule has 0 saturated carbocycles. The van der Waals surface area contributed by atoms with E-state index in [-0.39, 0.29) is 30.4 Å². The van der Waals surface area contributed by atoms with E-state index in [1.807, 2.05) is 13.8 Å². The number of benzene rings is 1. The Balaban J connectivity index is 0.00000256. The Labute approximate surface area is 109 Å². The molecule has 0 spiro atoms. The van der Waals surface area contributed by atoms with E-state index in [2.05, 4.69) is 36.5 Å². The molecular formula is C13H21ClN2O. The molecule has 1 amide bonds. The first-order valence-corrected chi connectivity index (χ1v) is 5.60. The van der Waals surface area contributed by atoms with E-state index in [4.69, 9.17) is 5.73 Å². The average Bonchev–Trinajstić information content (AvgIpc) is 2.28. The van der Waals surface area contributed by atoms with Gasteiger partial charge in [0.05, 0.1) is 12.1 Å². The van der Waals surface area contributed by atoms with Gasteiger partial charge in [0.15, 0.2) is 0 Å². The zero-order valence-electron chi connectivity index (χ0n) is 10.6. The fraction of sp³-hybridized carbons (Fsp3) is 0.462. The molecule has 1 aromatic rings. The number of halogens is 1. The molecular weight excluding hydrogens is 236 g/mol. The lowest BCUT2D eigenvalue weighted by Gasteiger charge is -2.26. The van der Waals surface area contributed by atoms with Crippen molar-refractivity contribution in [3.8, 4) is 0 Å². The predicted molar refractivity (Wildman–Crippen MR) is 73.3 cm³/mol. The molecule has 4 heteroatoms. The summed E-state index contributed by atoms with van der Waals surface area (Å²) in [5.41, 5.74) is 7.30. The van der Waals surface area contributed by atoms with E-state index in [1.54, 1.807) is 0 Å². The van der Waals surface area contributed by atoms with Crippen LogP contribution in [0.5, 0.6) is 0 Å². The van der Waals surface area contributed by atoms with Crippen LogP contribution in [0, 0.1) is 0 Å². The summed E-state index contributed by atoms with van der Waals surface area (Å²) in [4.78, 5) is 11.3. The van der Waals surface area contributed by atoms with Gasteiger partial charge in [0.1, 0.15) is 0 Å². The van der Waals surface area contributed by atoms with E-state index in [0.29, 0.717) is 0 Å². The van der Waals surface area contributed by atoms with Gasteiger partial charge in [0, 0.05) is 0 Å². The van der Waals surface area contributed by atoms with Crippen LogP contribution >= 0.6 is 12.4 Å². The minimum Gasteiger partial charge on any atom is -0.346 e. The van der Waals surface area contributed by atoms with Gasteiger partial charge in [-0.05, 0) is 31.4 Å². The van der Waals surface area contributed by atoms with E-state index >= 15 is 0 Å². The second-order valence-electron chi connectivity index (χ2n) is 4.43. The second-order valence-corrected chi connectivity index (χ2v) is 4.43. The summed E-state index contributed by atoms with van der Waals surface area (Å²) in [7, 11) is 0. The van der Waals surface area contributed by atoms with Gasteiger partial charge in [0.25, 0.3) is 0 Å². The quantitative estimate of drug-likeness (QED) is 0.866. The van der Waals surface area contributed by atoms with Crippen LogP contribution in [0.2, 0.25) is 0 Å². The number of nitrogens with two attached hydrogens (primary N) is 1. The highest BCUT2D eigenvalue weighted by molar-refractivity contribution is 5.85. The maximum atomic E-state index is 11.3. The molecule has 0 aliphatic heterocycles. The summed E-state index contributed by atoms with van der Waals surface area (Å²) in [6.07, 6.45) is 1.02. The zero-order valence-corrected chi connectivity index (χ0v) is 11.4. The first-order chi connectivity index (χ1) is 7.49. The van der Waals surface area contributed by atoms with Crippen LogP contribution in [0.4, 0.5) is 0 Å². The summed E-state index contributed by atoms with van der Waals surface area (Å²) in [5.74, 6) is -0.135. The van der Waals surface area contributed by atoms with Crippen molar-refractivity contribution in [1.82, 2.24) is 5.32 Å². The Kier molecular flexibility index (Phi) is 6.21. The Bertz CT molecular complexity index is 360. The van der Waals surface area contributed by atoms with E-state index in [1.165, 1.54) is 5.56 Å². The molecule has 0 atom stereocenters. The monoisotopic (exact) mass is 256 g/mol. The van der Waals surface area contributed by atoms with Crippen molar-refractivity contribution in [1.29, 1.82) is 0 Å².